The van der Waals surface area contributed by atoms with E-state index in [0.717, 1.165) is 12.5 Å². The van der Waals surface area contributed by atoms with Crippen LogP contribution in [0, 0.1) is 5.92 Å². The fourth-order valence-corrected chi connectivity index (χ4v) is 2.04. The lowest BCUT2D eigenvalue weighted by Gasteiger charge is -2.28. The Kier molecular flexibility index (Phi) is 3.21. The van der Waals surface area contributed by atoms with E-state index in [1.165, 1.54) is 18.4 Å². The van der Waals surface area contributed by atoms with Crippen LogP contribution in [0.25, 0.3) is 0 Å². The summed E-state index contributed by atoms with van der Waals surface area (Å²) in [7, 11) is 1.66. The maximum Gasteiger partial charge on any atom is 0.213 e. The zero-order chi connectivity index (χ0) is 10.7. The van der Waals surface area contributed by atoms with Crippen molar-refractivity contribution in [2.24, 2.45) is 5.92 Å². The second-order valence-electron chi connectivity index (χ2n) is 4.27. The van der Waals surface area contributed by atoms with Gasteiger partial charge in [0.05, 0.1) is 7.11 Å². The van der Waals surface area contributed by atoms with Gasteiger partial charge in [-0.05, 0) is 36.9 Å². The third-order valence-corrected chi connectivity index (χ3v) is 3.03. The van der Waals surface area contributed by atoms with Crippen LogP contribution in [0.5, 0.6) is 5.88 Å². The van der Waals surface area contributed by atoms with E-state index in [0.29, 0.717) is 11.9 Å². The fourth-order valence-electron chi connectivity index (χ4n) is 2.04. The molecular formula is C12H18N2O. The van der Waals surface area contributed by atoms with Crippen LogP contribution in [0.4, 0.5) is 0 Å². The minimum absolute atomic E-state index is 0.470. The van der Waals surface area contributed by atoms with Crippen LogP contribution in [-0.2, 0) is 0 Å². The molecule has 0 saturated carbocycles. The van der Waals surface area contributed by atoms with Crippen LogP contribution in [0.1, 0.15) is 31.4 Å². The highest BCUT2D eigenvalue weighted by Crippen LogP contribution is 2.26. The Hall–Kier alpha value is -1.09. The van der Waals surface area contributed by atoms with Gasteiger partial charge in [0.1, 0.15) is 0 Å². The number of hydrogen-bond acceptors (Lipinski definition) is 3. The molecule has 0 aromatic carbocycles. The molecule has 2 atom stereocenters. The third kappa shape index (κ3) is 2.48. The van der Waals surface area contributed by atoms with Gasteiger partial charge in [0.2, 0.25) is 5.88 Å². The minimum atomic E-state index is 0.470. The van der Waals surface area contributed by atoms with Crippen molar-refractivity contribution >= 4 is 0 Å². The maximum atomic E-state index is 5.13. The predicted octanol–water partition coefficient (Wildman–Crippen LogP) is 2.15. The summed E-state index contributed by atoms with van der Waals surface area (Å²) in [6.45, 7) is 3.39. The average molecular weight is 206 g/mol. The first kappa shape index (κ1) is 10.4. The molecule has 2 heterocycles. The number of aromatic nitrogens is 1. The van der Waals surface area contributed by atoms with E-state index in [2.05, 4.69) is 23.3 Å². The molecule has 1 fully saturated rings. The molecule has 0 amide bonds. The number of pyridine rings is 1. The van der Waals surface area contributed by atoms with Gasteiger partial charge in [-0.1, -0.05) is 6.92 Å². The Morgan fingerprint density at radius 2 is 2.33 bits per heavy atom. The normalized spacial score (nSPS) is 26.3. The van der Waals surface area contributed by atoms with Gasteiger partial charge in [-0.3, -0.25) is 0 Å². The summed E-state index contributed by atoms with van der Waals surface area (Å²) in [5, 5.41) is 3.55. The van der Waals surface area contributed by atoms with E-state index in [4.69, 9.17) is 4.74 Å². The average Bonchev–Trinajstić information content (AvgIpc) is 2.30. The van der Waals surface area contributed by atoms with Crippen LogP contribution < -0.4 is 10.1 Å². The second-order valence-corrected chi connectivity index (χ2v) is 4.27. The molecule has 0 aliphatic carbocycles. The topological polar surface area (TPSA) is 34.1 Å². The van der Waals surface area contributed by atoms with Crippen LogP contribution in [-0.4, -0.2) is 18.6 Å². The van der Waals surface area contributed by atoms with Gasteiger partial charge < -0.3 is 10.1 Å². The number of piperidine rings is 1. The third-order valence-electron chi connectivity index (χ3n) is 3.03. The van der Waals surface area contributed by atoms with Crippen molar-refractivity contribution in [1.29, 1.82) is 0 Å². The van der Waals surface area contributed by atoms with Gasteiger partial charge in [-0.2, -0.15) is 0 Å². The van der Waals surface area contributed by atoms with Crippen molar-refractivity contribution in [3.8, 4) is 5.88 Å². The summed E-state index contributed by atoms with van der Waals surface area (Å²) in [6.07, 6.45) is 4.31. The first-order valence-corrected chi connectivity index (χ1v) is 5.53. The van der Waals surface area contributed by atoms with Gasteiger partial charge >= 0.3 is 0 Å². The molecule has 1 aliphatic rings. The molecule has 82 valence electrons. The van der Waals surface area contributed by atoms with E-state index in [1.807, 2.05) is 12.3 Å². The molecule has 0 unspecified atom stereocenters. The number of hydrogen-bond donors (Lipinski definition) is 1. The highest BCUT2D eigenvalue weighted by molar-refractivity contribution is 5.23. The van der Waals surface area contributed by atoms with Gasteiger partial charge in [0, 0.05) is 18.3 Å². The standard InChI is InChI=1S/C12H18N2O/c1-9-3-4-11(14-8-9)10-5-6-13-12(7-10)15-2/h5-7,9,11,14H,3-4,8H2,1-2H3/t9-,11+/m0/s1. The van der Waals surface area contributed by atoms with Crippen molar-refractivity contribution in [1.82, 2.24) is 10.3 Å². The zero-order valence-electron chi connectivity index (χ0n) is 9.36. The van der Waals surface area contributed by atoms with Gasteiger partial charge in [0.25, 0.3) is 0 Å². The van der Waals surface area contributed by atoms with Gasteiger partial charge in [-0.25, -0.2) is 4.98 Å². The monoisotopic (exact) mass is 206 g/mol. The fraction of sp³-hybridized carbons (Fsp3) is 0.583. The molecule has 0 bridgehead atoms. The molecule has 0 radical (unpaired) electrons. The molecule has 1 aromatic heterocycles. The molecule has 1 aromatic rings. The molecule has 3 heteroatoms. The van der Waals surface area contributed by atoms with Gasteiger partial charge in [0.15, 0.2) is 0 Å². The van der Waals surface area contributed by atoms with Crippen LogP contribution in [0.3, 0.4) is 0 Å². The minimum Gasteiger partial charge on any atom is -0.481 e. The van der Waals surface area contributed by atoms with E-state index in [1.54, 1.807) is 7.11 Å². The number of methoxy groups -OCH3 is 1. The Morgan fingerprint density at radius 3 is 3.00 bits per heavy atom. The molecule has 1 N–H and O–H groups in total. The number of nitrogens with zero attached hydrogens (tertiary/aromatic N) is 1. The van der Waals surface area contributed by atoms with Crippen LogP contribution in [0.15, 0.2) is 18.3 Å². The van der Waals surface area contributed by atoms with Crippen LogP contribution in [0.2, 0.25) is 0 Å². The van der Waals surface area contributed by atoms with E-state index in [-0.39, 0.29) is 0 Å². The van der Waals surface area contributed by atoms with Crippen molar-refractivity contribution in [3.63, 3.8) is 0 Å². The molecule has 1 aliphatic heterocycles. The summed E-state index contributed by atoms with van der Waals surface area (Å²) >= 11 is 0. The molecule has 2 rings (SSSR count). The summed E-state index contributed by atoms with van der Waals surface area (Å²) in [5.41, 5.74) is 1.29. The lowest BCUT2D eigenvalue weighted by atomic mass is 9.92. The molecule has 1 saturated heterocycles. The highest BCUT2D eigenvalue weighted by Gasteiger charge is 2.19. The Balaban J connectivity index is 2.08. The number of nitrogens with one attached hydrogen (secondary N) is 1. The Labute approximate surface area is 90.9 Å². The summed E-state index contributed by atoms with van der Waals surface area (Å²) < 4.78 is 5.13. The predicted molar refractivity (Wildman–Crippen MR) is 59.9 cm³/mol. The number of rotatable bonds is 2. The first-order chi connectivity index (χ1) is 7.29. The Bertz CT molecular complexity index is 319. The quantitative estimate of drug-likeness (QED) is 0.805. The van der Waals surface area contributed by atoms with Crippen LogP contribution >= 0.6 is 0 Å². The van der Waals surface area contributed by atoms with Gasteiger partial charge in [-0.15, -0.1) is 0 Å². The van der Waals surface area contributed by atoms with E-state index in [9.17, 15) is 0 Å². The zero-order valence-corrected chi connectivity index (χ0v) is 9.36. The first-order valence-electron chi connectivity index (χ1n) is 5.53. The lowest BCUT2D eigenvalue weighted by molar-refractivity contribution is 0.331. The second kappa shape index (κ2) is 4.62. The van der Waals surface area contributed by atoms with Crippen molar-refractivity contribution in [2.75, 3.05) is 13.7 Å². The molecule has 3 nitrogen and oxygen atoms in total. The van der Waals surface area contributed by atoms with E-state index >= 15 is 0 Å². The number of ether oxygens (including phenoxy) is 1. The van der Waals surface area contributed by atoms with Crippen molar-refractivity contribution < 1.29 is 4.74 Å². The largest absolute Gasteiger partial charge is 0.481 e. The molecule has 15 heavy (non-hydrogen) atoms. The lowest BCUT2D eigenvalue weighted by Crippen LogP contribution is -2.31. The maximum absolute atomic E-state index is 5.13. The highest BCUT2D eigenvalue weighted by atomic mass is 16.5. The smallest absolute Gasteiger partial charge is 0.213 e. The Morgan fingerprint density at radius 1 is 1.47 bits per heavy atom. The van der Waals surface area contributed by atoms with Crippen molar-refractivity contribution in [3.05, 3.63) is 23.9 Å². The molecule has 0 spiro atoms. The SMILES string of the molecule is COc1cc([C@H]2CC[C@H](C)CN2)ccn1. The summed E-state index contributed by atoms with van der Waals surface area (Å²) in [5.74, 6) is 1.50. The molecular weight excluding hydrogens is 188 g/mol. The summed E-state index contributed by atoms with van der Waals surface area (Å²) in [6, 6.07) is 4.56. The van der Waals surface area contributed by atoms with E-state index < -0.39 is 0 Å². The van der Waals surface area contributed by atoms with Crippen molar-refractivity contribution in [2.45, 2.75) is 25.8 Å². The summed E-state index contributed by atoms with van der Waals surface area (Å²) in [4.78, 5) is 4.12.